The predicted octanol–water partition coefficient (Wildman–Crippen LogP) is 2.14. The molecule has 7 heteroatoms. The normalized spacial score (nSPS) is 10.5. The molecular weight excluding hydrogens is 318 g/mol. The highest BCUT2D eigenvalue weighted by molar-refractivity contribution is 6.31. The molecule has 1 aromatic rings. The number of likely N-dealkylation sites (N-methyl/N-ethyl adjacent to an activating group) is 1. The number of benzene rings is 1. The zero-order chi connectivity index (χ0) is 17.2. The number of ether oxygens (including phenoxy) is 1. The second-order valence-corrected chi connectivity index (χ2v) is 5.71. The topological polar surface area (TPSA) is 70.7 Å². The summed E-state index contributed by atoms with van der Waals surface area (Å²) in [7, 11) is 3.24. The van der Waals surface area contributed by atoms with E-state index in [-0.39, 0.29) is 24.9 Å². The molecule has 6 nitrogen and oxygen atoms in total. The number of anilines is 1. The van der Waals surface area contributed by atoms with Crippen LogP contribution in [0.25, 0.3) is 0 Å². The van der Waals surface area contributed by atoms with Crippen molar-refractivity contribution < 1.29 is 14.3 Å². The molecule has 0 bridgehead atoms. The Labute approximate surface area is 142 Å². The Morgan fingerprint density at radius 2 is 1.96 bits per heavy atom. The number of carbonyl (C=O) groups is 2. The van der Waals surface area contributed by atoms with Gasteiger partial charge in [-0.1, -0.05) is 24.9 Å². The van der Waals surface area contributed by atoms with Gasteiger partial charge in [-0.05, 0) is 31.7 Å². The van der Waals surface area contributed by atoms with Gasteiger partial charge in [-0.3, -0.25) is 14.5 Å². The Bertz CT molecular complexity index is 537. The van der Waals surface area contributed by atoms with Gasteiger partial charge < -0.3 is 15.4 Å². The van der Waals surface area contributed by atoms with Crippen LogP contribution in [0.15, 0.2) is 18.2 Å². The molecule has 1 aromatic carbocycles. The molecule has 0 saturated heterocycles. The van der Waals surface area contributed by atoms with E-state index in [0.717, 1.165) is 12.8 Å². The third kappa shape index (κ3) is 7.34. The van der Waals surface area contributed by atoms with Crippen LogP contribution in [0.5, 0.6) is 5.75 Å². The van der Waals surface area contributed by atoms with Gasteiger partial charge in [-0.2, -0.15) is 0 Å². The van der Waals surface area contributed by atoms with Crippen molar-refractivity contribution in [2.75, 3.05) is 39.1 Å². The lowest BCUT2D eigenvalue weighted by molar-refractivity contribution is -0.122. The molecule has 0 unspecified atom stereocenters. The van der Waals surface area contributed by atoms with Crippen molar-refractivity contribution in [3.05, 3.63) is 23.2 Å². The van der Waals surface area contributed by atoms with Gasteiger partial charge in [0.15, 0.2) is 0 Å². The van der Waals surface area contributed by atoms with Crippen molar-refractivity contribution in [1.82, 2.24) is 10.2 Å². The monoisotopic (exact) mass is 341 g/mol. The molecule has 128 valence electrons. The second-order valence-electron chi connectivity index (χ2n) is 5.27. The van der Waals surface area contributed by atoms with Gasteiger partial charge in [0.1, 0.15) is 5.75 Å². The molecule has 1 rings (SSSR count). The predicted molar refractivity (Wildman–Crippen MR) is 92.0 cm³/mol. The second kappa shape index (κ2) is 10.1. The first-order valence-electron chi connectivity index (χ1n) is 7.55. The van der Waals surface area contributed by atoms with Crippen molar-refractivity contribution in [2.45, 2.75) is 19.8 Å². The smallest absolute Gasteiger partial charge is 0.238 e. The molecule has 0 saturated carbocycles. The third-order valence-corrected chi connectivity index (χ3v) is 3.35. The van der Waals surface area contributed by atoms with Crippen LogP contribution in [-0.2, 0) is 9.59 Å². The fourth-order valence-electron chi connectivity index (χ4n) is 1.97. The number of nitrogens with one attached hydrogen (secondary N) is 2. The fourth-order valence-corrected chi connectivity index (χ4v) is 2.15. The Kier molecular flexibility index (Phi) is 8.43. The minimum absolute atomic E-state index is 0.0888. The molecule has 0 radical (unpaired) electrons. The van der Waals surface area contributed by atoms with Crippen molar-refractivity contribution in [3.63, 3.8) is 0 Å². The Morgan fingerprint density at radius 1 is 1.26 bits per heavy atom. The minimum atomic E-state index is -0.241. The summed E-state index contributed by atoms with van der Waals surface area (Å²) in [6.07, 6.45) is 1.98. The number of halogens is 1. The first-order valence-corrected chi connectivity index (χ1v) is 7.92. The Hall–Kier alpha value is -1.79. The number of hydrogen-bond acceptors (Lipinski definition) is 4. The number of nitrogens with zero attached hydrogens (tertiary/aromatic N) is 1. The molecule has 23 heavy (non-hydrogen) atoms. The van der Waals surface area contributed by atoms with Crippen LogP contribution in [-0.4, -0.2) is 50.5 Å². The van der Waals surface area contributed by atoms with Gasteiger partial charge in [-0.15, -0.1) is 0 Å². The van der Waals surface area contributed by atoms with Crippen LogP contribution in [0.1, 0.15) is 19.8 Å². The summed E-state index contributed by atoms with van der Waals surface area (Å²) in [5, 5.41) is 6.05. The quantitative estimate of drug-likeness (QED) is 0.675. The van der Waals surface area contributed by atoms with E-state index in [1.807, 2.05) is 0 Å². The van der Waals surface area contributed by atoms with Crippen molar-refractivity contribution in [1.29, 1.82) is 0 Å². The van der Waals surface area contributed by atoms with Gasteiger partial charge in [-0.25, -0.2) is 0 Å². The van der Waals surface area contributed by atoms with Gasteiger partial charge >= 0.3 is 0 Å². The van der Waals surface area contributed by atoms with E-state index in [1.54, 1.807) is 30.1 Å². The molecule has 2 N–H and O–H groups in total. The summed E-state index contributed by atoms with van der Waals surface area (Å²) in [4.78, 5) is 25.4. The van der Waals surface area contributed by atoms with E-state index in [4.69, 9.17) is 16.3 Å². The zero-order valence-corrected chi connectivity index (χ0v) is 14.6. The maximum absolute atomic E-state index is 12.1. The number of methoxy groups -OCH3 is 1. The molecule has 0 spiro atoms. The molecule has 2 amide bonds. The number of hydrogen-bond donors (Lipinski definition) is 2. The summed E-state index contributed by atoms with van der Waals surface area (Å²) >= 11 is 5.92. The standard InChI is InChI=1S/C16H24ClN3O3/c1-4-5-8-18-15(21)10-20(2)11-16(22)19-13-9-12(17)6-7-14(13)23-3/h6-7,9H,4-5,8,10-11H2,1-3H3,(H,18,21)(H,19,22). The van der Waals surface area contributed by atoms with Crippen molar-refractivity contribution in [3.8, 4) is 5.75 Å². The molecular formula is C16H24ClN3O3. The van der Waals surface area contributed by atoms with E-state index >= 15 is 0 Å². The van der Waals surface area contributed by atoms with E-state index in [1.165, 1.54) is 7.11 Å². The largest absolute Gasteiger partial charge is 0.495 e. The van der Waals surface area contributed by atoms with Crippen LogP contribution in [0, 0.1) is 0 Å². The number of amides is 2. The molecule has 0 aliphatic carbocycles. The van der Waals surface area contributed by atoms with Crippen LogP contribution in [0.2, 0.25) is 5.02 Å². The first kappa shape index (κ1) is 19.3. The van der Waals surface area contributed by atoms with Gasteiger partial charge in [0.2, 0.25) is 11.8 Å². The summed E-state index contributed by atoms with van der Waals surface area (Å²) in [5.41, 5.74) is 0.505. The molecule has 0 aromatic heterocycles. The average Bonchev–Trinajstić information content (AvgIpc) is 2.47. The summed E-state index contributed by atoms with van der Waals surface area (Å²) in [6.45, 7) is 2.99. The van der Waals surface area contributed by atoms with E-state index < -0.39 is 0 Å². The number of carbonyl (C=O) groups excluding carboxylic acids is 2. The molecule has 0 aliphatic rings. The fraction of sp³-hybridized carbons (Fsp3) is 0.500. The van der Waals surface area contributed by atoms with Crippen LogP contribution in [0.3, 0.4) is 0 Å². The lowest BCUT2D eigenvalue weighted by atomic mass is 10.3. The molecule has 0 heterocycles. The highest BCUT2D eigenvalue weighted by Gasteiger charge is 2.12. The minimum Gasteiger partial charge on any atom is -0.495 e. The van der Waals surface area contributed by atoms with Crippen LogP contribution < -0.4 is 15.4 Å². The Balaban J connectivity index is 2.47. The number of rotatable bonds is 9. The highest BCUT2D eigenvalue weighted by atomic mass is 35.5. The summed E-state index contributed by atoms with van der Waals surface area (Å²) in [5.74, 6) is 0.200. The maximum Gasteiger partial charge on any atom is 0.238 e. The van der Waals surface area contributed by atoms with Crippen molar-refractivity contribution in [2.24, 2.45) is 0 Å². The van der Waals surface area contributed by atoms with E-state index in [2.05, 4.69) is 17.6 Å². The first-order chi connectivity index (χ1) is 11.0. The summed E-state index contributed by atoms with van der Waals surface area (Å²) in [6, 6.07) is 4.99. The molecule has 0 fully saturated rings. The average molecular weight is 342 g/mol. The van der Waals surface area contributed by atoms with E-state index in [0.29, 0.717) is 23.0 Å². The molecule has 0 atom stereocenters. The van der Waals surface area contributed by atoms with Gasteiger partial charge in [0, 0.05) is 11.6 Å². The van der Waals surface area contributed by atoms with Crippen LogP contribution in [0.4, 0.5) is 5.69 Å². The lowest BCUT2D eigenvalue weighted by Crippen LogP contribution is -2.39. The highest BCUT2D eigenvalue weighted by Crippen LogP contribution is 2.27. The third-order valence-electron chi connectivity index (χ3n) is 3.12. The van der Waals surface area contributed by atoms with Crippen LogP contribution >= 0.6 is 11.6 Å². The maximum atomic E-state index is 12.1. The summed E-state index contributed by atoms with van der Waals surface area (Å²) < 4.78 is 5.17. The molecule has 0 aliphatic heterocycles. The Morgan fingerprint density at radius 3 is 2.61 bits per heavy atom. The SMILES string of the molecule is CCCCNC(=O)CN(C)CC(=O)Nc1cc(Cl)ccc1OC. The van der Waals surface area contributed by atoms with E-state index in [9.17, 15) is 9.59 Å². The number of unbranched alkanes of at least 4 members (excludes halogenated alkanes) is 1. The van der Waals surface area contributed by atoms with Crippen molar-refractivity contribution >= 4 is 29.1 Å². The zero-order valence-electron chi connectivity index (χ0n) is 13.8. The van der Waals surface area contributed by atoms with Gasteiger partial charge in [0.25, 0.3) is 0 Å². The van der Waals surface area contributed by atoms with Gasteiger partial charge in [0.05, 0.1) is 25.9 Å². The lowest BCUT2D eigenvalue weighted by Gasteiger charge is -2.17.